The molecule has 0 radical (unpaired) electrons. The maximum Gasteiger partial charge on any atom is 0.178 e. The van der Waals surface area contributed by atoms with E-state index in [9.17, 15) is 4.39 Å². The number of imidazole rings is 1. The van der Waals surface area contributed by atoms with Crippen LogP contribution in [-0.2, 0) is 6.54 Å². The van der Waals surface area contributed by atoms with E-state index in [0.29, 0.717) is 9.24 Å². The molecule has 0 bridgehead atoms. The van der Waals surface area contributed by atoms with Gasteiger partial charge in [-0.15, -0.1) is 0 Å². The molecule has 0 amide bonds. The van der Waals surface area contributed by atoms with Crippen molar-refractivity contribution >= 4 is 39.2 Å². The van der Waals surface area contributed by atoms with Crippen molar-refractivity contribution in [1.82, 2.24) is 9.55 Å². The first-order valence-electron chi connectivity index (χ1n) is 5.22. The van der Waals surface area contributed by atoms with Gasteiger partial charge in [0.05, 0.1) is 15.5 Å². The fraction of sp³-hybridized carbons (Fsp3) is 0.364. The van der Waals surface area contributed by atoms with Gasteiger partial charge in [0.25, 0.3) is 0 Å². The van der Waals surface area contributed by atoms with Crippen molar-refractivity contribution in [2.24, 2.45) is 5.92 Å². The molecule has 2 aromatic rings. The Hall–Kier alpha value is -0.680. The molecule has 0 unspecified atom stereocenters. The summed E-state index contributed by atoms with van der Waals surface area (Å²) < 4.78 is 16.6. The van der Waals surface area contributed by atoms with E-state index in [1.165, 1.54) is 18.9 Å². The molecule has 1 aliphatic rings. The molecule has 1 saturated carbocycles. The lowest BCUT2D eigenvalue weighted by molar-refractivity contribution is 0.621. The summed E-state index contributed by atoms with van der Waals surface area (Å²) in [4.78, 5) is 3.05. The van der Waals surface area contributed by atoms with E-state index in [1.54, 1.807) is 6.07 Å². The average Bonchev–Trinajstić information content (AvgIpc) is 2.99. The van der Waals surface area contributed by atoms with Gasteiger partial charge in [0.2, 0.25) is 0 Å². The number of hydrogen-bond acceptors (Lipinski definition) is 1. The third-order valence-electron chi connectivity index (χ3n) is 2.95. The van der Waals surface area contributed by atoms with Gasteiger partial charge in [0.1, 0.15) is 5.82 Å². The molecule has 5 heteroatoms. The Kier molecular flexibility index (Phi) is 2.40. The van der Waals surface area contributed by atoms with Crippen LogP contribution in [0.1, 0.15) is 12.8 Å². The molecular formula is C11H10BrFN2S. The van der Waals surface area contributed by atoms with Crippen molar-refractivity contribution in [3.05, 3.63) is 27.2 Å². The number of benzene rings is 1. The average molecular weight is 301 g/mol. The van der Waals surface area contributed by atoms with Crippen LogP contribution in [0.25, 0.3) is 11.0 Å². The number of rotatable bonds is 2. The molecule has 1 aliphatic carbocycles. The van der Waals surface area contributed by atoms with E-state index < -0.39 is 0 Å². The summed E-state index contributed by atoms with van der Waals surface area (Å²) in [6.07, 6.45) is 2.55. The molecule has 1 fully saturated rings. The highest BCUT2D eigenvalue weighted by molar-refractivity contribution is 9.10. The Balaban J connectivity index is 2.21. The Bertz CT molecular complexity index is 612. The molecule has 0 saturated heterocycles. The van der Waals surface area contributed by atoms with Crippen LogP contribution in [-0.4, -0.2) is 9.55 Å². The summed E-state index contributed by atoms with van der Waals surface area (Å²) in [6, 6.07) is 3.28. The van der Waals surface area contributed by atoms with Crippen LogP contribution in [0.2, 0.25) is 0 Å². The van der Waals surface area contributed by atoms with E-state index in [0.717, 1.165) is 23.5 Å². The van der Waals surface area contributed by atoms with Crippen LogP contribution in [0.5, 0.6) is 0 Å². The molecule has 1 aromatic carbocycles. The number of hydrogen-bond donors (Lipinski definition) is 1. The van der Waals surface area contributed by atoms with Gasteiger partial charge in [0.15, 0.2) is 4.77 Å². The summed E-state index contributed by atoms with van der Waals surface area (Å²) in [5.74, 6) is 0.483. The number of nitrogens with one attached hydrogen (secondary N) is 1. The van der Waals surface area contributed by atoms with Gasteiger partial charge in [-0.05, 0) is 53.0 Å². The predicted molar refractivity (Wildman–Crippen MR) is 67.5 cm³/mol. The first kappa shape index (κ1) is 10.5. The molecule has 3 rings (SSSR count). The minimum absolute atomic E-state index is 0.262. The molecular weight excluding hydrogens is 291 g/mol. The molecule has 16 heavy (non-hydrogen) atoms. The van der Waals surface area contributed by atoms with Gasteiger partial charge in [-0.3, -0.25) is 0 Å². The van der Waals surface area contributed by atoms with Crippen molar-refractivity contribution in [2.75, 3.05) is 0 Å². The number of halogens is 2. The topological polar surface area (TPSA) is 20.7 Å². The zero-order chi connectivity index (χ0) is 11.3. The standard InChI is InChI=1S/C11H10BrFN2S/c12-7-3-10-9(4-8(7)13)14-11(16)15(10)5-6-1-2-6/h3-4,6H,1-2,5H2,(H,14,16). The second-order valence-electron chi connectivity index (χ2n) is 4.27. The normalized spacial score (nSPS) is 15.9. The van der Waals surface area contributed by atoms with E-state index in [4.69, 9.17) is 12.2 Å². The second-order valence-corrected chi connectivity index (χ2v) is 5.51. The number of aromatic nitrogens is 2. The molecule has 0 spiro atoms. The Morgan fingerprint density at radius 1 is 1.50 bits per heavy atom. The third-order valence-corrected chi connectivity index (χ3v) is 3.88. The van der Waals surface area contributed by atoms with Crippen molar-refractivity contribution in [2.45, 2.75) is 19.4 Å². The smallest absolute Gasteiger partial charge is 0.178 e. The van der Waals surface area contributed by atoms with Gasteiger partial charge in [-0.25, -0.2) is 4.39 Å². The lowest BCUT2D eigenvalue weighted by Gasteiger charge is -2.03. The van der Waals surface area contributed by atoms with Crippen molar-refractivity contribution < 1.29 is 4.39 Å². The van der Waals surface area contributed by atoms with E-state index in [2.05, 4.69) is 25.5 Å². The molecule has 1 N–H and O–H groups in total. The van der Waals surface area contributed by atoms with Crippen LogP contribution in [0, 0.1) is 16.5 Å². The lowest BCUT2D eigenvalue weighted by Crippen LogP contribution is -1.99. The number of nitrogens with zero attached hydrogens (tertiary/aromatic N) is 1. The van der Waals surface area contributed by atoms with Crippen molar-refractivity contribution in [3.8, 4) is 0 Å². The van der Waals surface area contributed by atoms with Gasteiger partial charge in [-0.1, -0.05) is 0 Å². The molecule has 0 aliphatic heterocycles. The highest BCUT2D eigenvalue weighted by Gasteiger charge is 2.23. The summed E-state index contributed by atoms with van der Waals surface area (Å²) in [5, 5.41) is 0. The molecule has 0 atom stereocenters. The minimum Gasteiger partial charge on any atom is -0.330 e. The van der Waals surface area contributed by atoms with Gasteiger partial charge < -0.3 is 9.55 Å². The van der Waals surface area contributed by atoms with E-state index in [-0.39, 0.29) is 5.82 Å². The van der Waals surface area contributed by atoms with E-state index >= 15 is 0 Å². The number of H-pyrrole nitrogens is 1. The number of fused-ring (bicyclic) bond motifs is 1. The zero-order valence-electron chi connectivity index (χ0n) is 8.46. The molecule has 84 valence electrons. The second kappa shape index (κ2) is 3.67. The van der Waals surface area contributed by atoms with Crippen LogP contribution in [0.3, 0.4) is 0 Å². The lowest BCUT2D eigenvalue weighted by atomic mass is 10.3. The van der Waals surface area contributed by atoms with Gasteiger partial charge in [-0.2, -0.15) is 0 Å². The van der Waals surface area contributed by atoms with E-state index in [1.807, 2.05) is 0 Å². The van der Waals surface area contributed by atoms with Crippen molar-refractivity contribution in [1.29, 1.82) is 0 Å². The van der Waals surface area contributed by atoms with Gasteiger partial charge >= 0.3 is 0 Å². The van der Waals surface area contributed by atoms with Crippen LogP contribution >= 0.6 is 28.1 Å². The summed E-state index contributed by atoms with van der Waals surface area (Å²) in [6.45, 7) is 0.941. The summed E-state index contributed by atoms with van der Waals surface area (Å²) >= 11 is 8.46. The fourth-order valence-corrected chi connectivity index (χ4v) is 2.51. The Morgan fingerprint density at radius 2 is 2.25 bits per heavy atom. The number of aromatic amines is 1. The molecule has 1 heterocycles. The Morgan fingerprint density at radius 3 is 2.94 bits per heavy atom. The molecule has 1 aromatic heterocycles. The van der Waals surface area contributed by atoms with Crippen LogP contribution in [0.4, 0.5) is 4.39 Å². The predicted octanol–water partition coefficient (Wildman–Crippen LogP) is 4.01. The largest absolute Gasteiger partial charge is 0.330 e. The highest BCUT2D eigenvalue weighted by atomic mass is 79.9. The van der Waals surface area contributed by atoms with Crippen molar-refractivity contribution in [3.63, 3.8) is 0 Å². The quantitative estimate of drug-likeness (QED) is 0.831. The van der Waals surface area contributed by atoms with Crippen LogP contribution < -0.4 is 0 Å². The maximum absolute atomic E-state index is 13.4. The third kappa shape index (κ3) is 1.72. The monoisotopic (exact) mass is 300 g/mol. The SMILES string of the molecule is Fc1cc2[nH]c(=S)n(CC3CC3)c2cc1Br. The highest BCUT2D eigenvalue weighted by Crippen LogP contribution is 2.32. The maximum atomic E-state index is 13.4. The minimum atomic E-state index is -0.262. The first-order chi connectivity index (χ1) is 7.65. The van der Waals surface area contributed by atoms with Crippen LogP contribution in [0.15, 0.2) is 16.6 Å². The van der Waals surface area contributed by atoms with Gasteiger partial charge in [0, 0.05) is 12.6 Å². The first-order valence-corrected chi connectivity index (χ1v) is 6.43. The zero-order valence-corrected chi connectivity index (χ0v) is 10.9. The Labute approximate surface area is 106 Å². The molecule has 2 nitrogen and oxygen atoms in total. The summed E-state index contributed by atoms with van der Waals surface area (Å²) in [5.41, 5.74) is 1.75. The summed E-state index contributed by atoms with van der Waals surface area (Å²) in [7, 11) is 0. The fourth-order valence-electron chi connectivity index (χ4n) is 1.89.